The first-order chi connectivity index (χ1) is 13.0. The molecule has 1 saturated heterocycles. The Bertz CT molecular complexity index is 663. The van der Waals surface area contributed by atoms with Gasteiger partial charge in [-0.15, -0.1) is 0 Å². The van der Waals surface area contributed by atoms with Gasteiger partial charge in [0.25, 0.3) is 0 Å². The van der Waals surface area contributed by atoms with E-state index < -0.39 is 41.6 Å². The van der Waals surface area contributed by atoms with Crippen LogP contribution in [0.1, 0.15) is 53.4 Å². The molecule has 4 unspecified atom stereocenters. The number of carbonyl (C=O) groups is 2. The predicted octanol–water partition coefficient (Wildman–Crippen LogP) is 2.37. The molecule has 0 spiro atoms. The fourth-order valence-electron chi connectivity index (χ4n) is 4.73. The lowest BCUT2D eigenvalue weighted by molar-refractivity contribution is -0.176. The zero-order chi connectivity index (χ0) is 21.4. The van der Waals surface area contributed by atoms with Gasteiger partial charge in [-0.2, -0.15) is 18.4 Å². The molecule has 7 atom stereocenters. The number of alkyl halides is 3. The van der Waals surface area contributed by atoms with Crippen molar-refractivity contribution in [2.24, 2.45) is 17.3 Å². The maximum Gasteiger partial charge on any atom is 0.471 e. The third-order valence-electron chi connectivity index (χ3n) is 6.30. The molecule has 0 aromatic heterocycles. The molecule has 3 aliphatic rings. The summed E-state index contributed by atoms with van der Waals surface area (Å²) in [6.07, 6.45) is -4.54. The molecule has 0 radical (unpaired) electrons. The molecule has 0 aromatic rings. The molecule has 0 bridgehead atoms. The normalized spacial score (nSPS) is 37.2. The summed E-state index contributed by atoms with van der Waals surface area (Å²) in [6.45, 7) is 7.54. The highest BCUT2D eigenvalue weighted by Gasteiger charge is 2.62. The molecule has 3 fully saturated rings. The van der Waals surface area contributed by atoms with Crippen LogP contribution in [-0.4, -0.2) is 52.2 Å². The molecule has 6 nitrogen and oxygen atoms in total. The first kappa shape index (κ1) is 22.5. The van der Waals surface area contributed by atoms with Gasteiger partial charge in [0.15, 0.2) is 0 Å². The Morgan fingerprint density at radius 3 is 2.43 bits per heavy atom. The Kier molecular flexibility index (Phi) is 6.34. The number of hydrogen-bond acceptors (Lipinski definition) is 4. The van der Waals surface area contributed by atoms with Crippen LogP contribution in [-0.2, 0) is 9.59 Å². The molecular formula is C19H28F3N3O3. The van der Waals surface area contributed by atoms with Crippen LogP contribution in [0.2, 0.25) is 0 Å². The van der Waals surface area contributed by atoms with Crippen LogP contribution < -0.4 is 5.32 Å². The number of aliphatic hydroxyl groups is 1. The van der Waals surface area contributed by atoms with Crippen LogP contribution in [0.25, 0.3) is 0 Å². The van der Waals surface area contributed by atoms with Gasteiger partial charge in [0.05, 0.1) is 12.2 Å². The van der Waals surface area contributed by atoms with E-state index in [1.54, 1.807) is 6.92 Å². The Balaban J connectivity index is 0.00000136. The van der Waals surface area contributed by atoms with Crippen molar-refractivity contribution in [3.8, 4) is 6.07 Å². The summed E-state index contributed by atoms with van der Waals surface area (Å²) in [5.41, 5.74) is -0.992. The van der Waals surface area contributed by atoms with Crippen molar-refractivity contribution in [3.63, 3.8) is 0 Å². The van der Waals surface area contributed by atoms with Gasteiger partial charge < -0.3 is 15.3 Å². The van der Waals surface area contributed by atoms with Crippen molar-refractivity contribution in [3.05, 3.63) is 0 Å². The number of likely N-dealkylation sites (tertiary alicyclic amines) is 1. The quantitative estimate of drug-likeness (QED) is 0.757. The van der Waals surface area contributed by atoms with Crippen LogP contribution in [0.4, 0.5) is 13.2 Å². The number of hydrogen-bond donors (Lipinski definition) is 2. The molecule has 0 aromatic carbocycles. The number of fused-ring (bicyclic) bond motifs is 1. The number of carbonyl (C=O) groups excluding carboxylic acids is 2. The van der Waals surface area contributed by atoms with Gasteiger partial charge in [0.2, 0.25) is 5.91 Å². The number of nitrogens with zero attached hydrogens (tertiary/aromatic N) is 2. The van der Waals surface area contributed by atoms with E-state index in [2.05, 4.69) is 0 Å². The third-order valence-corrected chi connectivity index (χ3v) is 6.30. The highest BCUT2D eigenvalue weighted by molar-refractivity contribution is 5.91. The summed E-state index contributed by atoms with van der Waals surface area (Å²) in [4.78, 5) is 26.1. The van der Waals surface area contributed by atoms with E-state index in [0.29, 0.717) is 19.3 Å². The minimum absolute atomic E-state index is 0.121. The van der Waals surface area contributed by atoms with E-state index in [4.69, 9.17) is 0 Å². The monoisotopic (exact) mass is 403 g/mol. The van der Waals surface area contributed by atoms with Crippen LogP contribution >= 0.6 is 0 Å². The van der Waals surface area contributed by atoms with Gasteiger partial charge in [-0.25, -0.2) is 0 Å². The van der Waals surface area contributed by atoms with Gasteiger partial charge >= 0.3 is 12.1 Å². The van der Waals surface area contributed by atoms with Crippen molar-refractivity contribution < 1.29 is 27.9 Å². The van der Waals surface area contributed by atoms with Gasteiger partial charge in [0.1, 0.15) is 12.1 Å². The summed E-state index contributed by atoms with van der Waals surface area (Å²) in [5.74, 6) is -2.44. The largest absolute Gasteiger partial charge is 0.471 e. The lowest BCUT2D eigenvalue weighted by atomic mass is 9.79. The van der Waals surface area contributed by atoms with E-state index in [1.807, 2.05) is 32.2 Å². The van der Waals surface area contributed by atoms with Gasteiger partial charge in [-0.05, 0) is 42.9 Å². The Labute approximate surface area is 163 Å². The molecule has 2 N–H and O–H groups in total. The molecule has 158 valence electrons. The number of piperidine rings is 1. The van der Waals surface area contributed by atoms with Crippen LogP contribution in [0.15, 0.2) is 0 Å². The highest BCUT2D eigenvalue weighted by Crippen LogP contribution is 2.54. The number of nitrogens with one attached hydrogen (secondary N) is 1. The molecule has 2 aliphatic carbocycles. The van der Waals surface area contributed by atoms with Crippen molar-refractivity contribution in [2.45, 2.75) is 83.8 Å². The number of rotatable bonds is 3. The average molecular weight is 403 g/mol. The molecular weight excluding hydrogens is 375 g/mol. The second-order valence-electron chi connectivity index (χ2n) is 8.09. The summed E-state index contributed by atoms with van der Waals surface area (Å²) < 4.78 is 38.4. The molecule has 2 amide bonds. The van der Waals surface area contributed by atoms with E-state index in [9.17, 15) is 33.1 Å². The Hall–Kier alpha value is -1.82. The smallest absolute Gasteiger partial charge is 0.393 e. The molecule has 1 heterocycles. The average Bonchev–Trinajstić information content (AvgIpc) is 2.98. The minimum atomic E-state index is -5.11. The van der Waals surface area contributed by atoms with E-state index in [0.717, 1.165) is 0 Å². The predicted molar refractivity (Wildman–Crippen MR) is 94.6 cm³/mol. The van der Waals surface area contributed by atoms with E-state index >= 15 is 0 Å². The van der Waals surface area contributed by atoms with E-state index in [-0.39, 0.29) is 24.3 Å². The van der Waals surface area contributed by atoms with Gasteiger partial charge in [-0.1, -0.05) is 27.7 Å². The molecule has 28 heavy (non-hydrogen) atoms. The minimum Gasteiger partial charge on any atom is -0.393 e. The van der Waals surface area contributed by atoms with Crippen LogP contribution in [0.5, 0.6) is 0 Å². The van der Waals surface area contributed by atoms with Crippen molar-refractivity contribution in [1.29, 1.82) is 5.26 Å². The summed E-state index contributed by atoms with van der Waals surface area (Å²) in [7, 11) is 0. The summed E-state index contributed by atoms with van der Waals surface area (Å²) in [5, 5.41) is 21.0. The van der Waals surface area contributed by atoms with Crippen LogP contribution in [0.3, 0.4) is 0 Å². The molecule has 1 aliphatic heterocycles. The summed E-state index contributed by atoms with van der Waals surface area (Å²) >= 11 is 0. The maximum absolute atomic E-state index is 13.2. The number of aliphatic hydroxyl groups excluding tert-OH is 1. The number of amides is 2. The second-order valence-corrected chi connectivity index (χ2v) is 8.09. The maximum atomic E-state index is 13.2. The molecule has 2 saturated carbocycles. The van der Waals surface area contributed by atoms with Gasteiger partial charge in [-0.3, -0.25) is 9.59 Å². The first-order valence-electron chi connectivity index (χ1n) is 9.77. The third kappa shape index (κ3) is 3.97. The topological polar surface area (TPSA) is 93.4 Å². The lowest BCUT2D eigenvalue weighted by Crippen LogP contribution is -2.59. The zero-order valence-corrected chi connectivity index (χ0v) is 16.6. The number of halogens is 3. The Morgan fingerprint density at radius 2 is 1.96 bits per heavy atom. The van der Waals surface area contributed by atoms with Crippen molar-refractivity contribution in [1.82, 2.24) is 10.2 Å². The number of nitriles is 1. The van der Waals surface area contributed by atoms with Crippen molar-refractivity contribution >= 4 is 11.8 Å². The zero-order valence-electron chi connectivity index (χ0n) is 16.6. The molecule has 9 heteroatoms. The lowest BCUT2D eigenvalue weighted by Gasteiger charge is -2.38. The Morgan fingerprint density at radius 1 is 1.36 bits per heavy atom. The first-order valence-corrected chi connectivity index (χ1v) is 9.77. The summed E-state index contributed by atoms with van der Waals surface area (Å²) in [6, 6.07) is -0.219. The fourth-order valence-corrected chi connectivity index (χ4v) is 4.73. The van der Waals surface area contributed by atoms with Gasteiger partial charge in [0, 0.05) is 6.04 Å². The SMILES string of the molecule is CC.C[C@H]1C2C[C@@H](C#N)N(C(=O)[C@@H](NC(=O)C(F)(F)F)C3(C)CCC(O)C3)C21. The second kappa shape index (κ2) is 7.90. The van der Waals surface area contributed by atoms with Crippen LogP contribution in [0, 0.1) is 28.6 Å². The standard InChI is InChI=1S/C17H22F3N3O3.C2H6/c1-8-11-5-9(7-21)23(12(8)11)14(25)13(22-15(26)17(18,19)20)16(2)4-3-10(24)6-16;1-2/h8-13,24H,3-6H2,1-2H3,(H,22,26);1-2H3/t8-,9-,10?,11?,12?,13+,16?;/m0./s1. The molecule has 3 rings (SSSR count). The van der Waals surface area contributed by atoms with Crippen molar-refractivity contribution in [2.75, 3.05) is 0 Å². The fraction of sp³-hybridized carbons (Fsp3) is 0.842. The van der Waals surface area contributed by atoms with E-state index in [1.165, 1.54) is 4.90 Å². The highest BCUT2D eigenvalue weighted by atomic mass is 19.4.